The molecule has 0 saturated carbocycles. The molecule has 0 bridgehead atoms. The van der Waals surface area contributed by atoms with Gasteiger partial charge in [0.25, 0.3) is 0 Å². The fourth-order valence-corrected chi connectivity index (χ4v) is 1.33. The van der Waals surface area contributed by atoms with Crippen LogP contribution in [0.4, 0.5) is 8.78 Å². The molecule has 0 atom stereocenters. The molecule has 16 heavy (non-hydrogen) atoms. The first-order valence-corrected chi connectivity index (χ1v) is 4.72. The number of aldehydes is 1. The van der Waals surface area contributed by atoms with Gasteiger partial charge in [0.2, 0.25) is 0 Å². The average Bonchev–Trinajstić information content (AvgIpc) is 2.23. The highest BCUT2D eigenvalue weighted by atomic mass is 19.1. The Labute approximate surface area is 92.6 Å². The zero-order valence-electron chi connectivity index (χ0n) is 9.17. The smallest absolute Gasteiger partial charge is 0.165 e. The molecule has 0 heterocycles. The predicted molar refractivity (Wildman–Crippen MR) is 55.3 cm³/mol. The Kier molecular flexibility index (Phi) is 4.37. The number of carbonyl (C=O) groups is 1. The minimum atomic E-state index is -0.613. The van der Waals surface area contributed by atoms with Crippen LogP contribution in [0.1, 0.15) is 5.56 Å². The summed E-state index contributed by atoms with van der Waals surface area (Å²) in [6, 6.07) is 2.08. The van der Waals surface area contributed by atoms with E-state index < -0.39 is 11.6 Å². The number of rotatable bonds is 5. The molecule has 0 unspecified atom stereocenters. The maximum absolute atomic E-state index is 13.5. The van der Waals surface area contributed by atoms with Gasteiger partial charge < -0.3 is 9.53 Å². The molecule has 0 amide bonds. The van der Waals surface area contributed by atoms with Crippen LogP contribution in [0.2, 0.25) is 0 Å². The molecule has 0 fully saturated rings. The highest BCUT2D eigenvalue weighted by Gasteiger charge is 2.11. The lowest BCUT2D eigenvalue weighted by molar-refractivity contribution is -0.108. The van der Waals surface area contributed by atoms with E-state index in [4.69, 9.17) is 0 Å². The van der Waals surface area contributed by atoms with Crippen LogP contribution < -0.4 is 4.74 Å². The third kappa shape index (κ3) is 3.00. The van der Waals surface area contributed by atoms with Crippen LogP contribution in [-0.2, 0) is 11.3 Å². The van der Waals surface area contributed by atoms with Gasteiger partial charge in [-0.1, -0.05) is 0 Å². The SMILES string of the molecule is COc1cc(F)c(CN(C)CC=O)cc1F. The normalized spacial score (nSPS) is 10.6. The third-order valence-electron chi connectivity index (χ3n) is 2.15. The Hall–Kier alpha value is -1.49. The average molecular weight is 229 g/mol. The first-order valence-electron chi connectivity index (χ1n) is 4.72. The van der Waals surface area contributed by atoms with Crippen molar-refractivity contribution in [3.63, 3.8) is 0 Å². The van der Waals surface area contributed by atoms with Gasteiger partial charge in [-0.05, 0) is 13.1 Å². The summed E-state index contributed by atoms with van der Waals surface area (Å²) in [7, 11) is 2.92. The van der Waals surface area contributed by atoms with Gasteiger partial charge in [-0.2, -0.15) is 0 Å². The fraction of sp³-hybridized carbons (Fsp3) is 0.364. The van der Waals surface area contributed by atoms with Gasteiger partial charge in [-0.3, -0.25) is 4.90 Å². The van der Waals surface area contributed by atoms with Crippen LogP contribution in [-0.4, -0.2) is 31.9 Å². The number of hydrogen-bond donors (Lipinski definition) is 0. The second-order valence-electron chi connectivity index (χ2n) is 3.44. The van der Waals surface area contributed by atoms with Gasteiger partial charge in [0.15, 0.2) is 11.6 Å². The number of hydrogen-bond acceptors (Lipinski definition) is 3. The molecule has 3 nitrogen and oxygen atoms in total. The minimum absolute atomic E-state index is 0.126. The van der Waals surface area contributed by atoms with Crippen molar-refractivity contribution in [2.75, 3.05) is 20.7 Å². The predicted octanol–water partition coefficient (Wildman–Crippen LogP) is 1.60. The van der Waals surface area contributed by atoms with Gasteiger partial charge in [0, 0.05) is 18.2 Å². The lowest BCUT2D eigenvalue weighted by atomic mass is 10.2. The van der Waals surface area contributed by atoms with Crippen molar-refractivity contribution >= 4 is 6.29 Å². The number of benzene rings is 1. The van der Waals surface area contributed by atoms with Crippen molar-refractivity contribution in [3.8, 4) is 5.75 Å². The maximum Gasteiger partial charge on any atom is 0.165 e. The maximum atomic E-state index is 13.5. The van der Waals surface area contributed by atoms with Crippen molar-refractivity contribution in [3.05, 3.63) is 29.3 Å². The molecule has 0 aromatic heterocycles. The van der Waals surface area contributed by atoms with Crippen LogP contribution in [0.25, 0.3) is 0 Å². The van der Waals surface area contributed by atoms with E-state index in [1.165, 1.54) is 7.11 Å². The second-order valence-corrected chi connectivity index (χ2v) is 3.44. The highest BCUT2D eigenvalue weighted by molar-refractivity contribution is 5.51. The molecule has 88 valence electrons. The van der Waals surface area contributed by atoms with E-state index in [1.807, 2.05) is 0 Å². The molecule has 0 radical (unpaired) electrons. The Balaban J connectivity index is 2.88. The van der Waals surface area contributed by atoms with E-state index in [0.29, 0.717) is 6.29 Å². The minimum Gasteiger partial charge on any atom is -0.494 e. The summed E-state index contributed by atoms with van der Waals surface area (Å²) in [6.07, 6.45) is 0.706. The molecule has 0 saturated heterocycles. The van der Waals surface area contributed by atoms with Crippen molar-refractivity contribution < 1.29 is 18.3 Å². The number of nitrogens with zero attached hydrogens (tertiary/aromatic N) is 1. The molecule has 1 aromatic rings. The van der Waals surface area contributed by atoms with Crippen LogP contribution in [0.3, 0.4) is 0 Å². The van der Waals surface area contributed by atoms with E-state index in [9.17, 15) is 13.6 Å². The Morgan fingerprint density at radius 1 is 1.38 bits per heavy atom. The van der Waals surface area contributed by atoms with E-state index in [2.05, 4.69) is 4.74 Å². The van der Waals surface area contributed by atoms with Crippen molar-refractivity contribution in [1.29, 1.82) is 0 Å². The van der Waals surface area contributed by atoms with Gasteiger partial charge in [0.05, 0.1) is 13.7 Å². The molecule has 1 rings (SSSR count). The number of methoxy groups -OCH3 is 1. The molecule has 0 aliphatic rings. The van der Waals surface area contributed by atoms with Gasteiger partial charge in [-0.25, -0.2) is 8.78 Å². The Morgan fingerprint density at radius 2 is 2.06 bits per heavy atom. The summed E-state index contributed by atoms with van der Waals surface area (Å²) in [5, 5.41) is 0. The van der Waals surface area contributed by atoms with E-state index >= 15 is 0 Å². The summed E-state index contributed by atoms with van der Waals surface area (Å²) in [4.78, 5) is 11.8. The zero-order valence-corrected chi connectivity index (χ0v) is 9.17. The van der Waals surface area contributed by atoms with Crippen LogP contribution in [0.15, 0.2) is 12.1 Å². The molecule has 0 aliphatic heterocycles. The van der Waals surface area contributed by atoms with E-state index in [-0.39, 0.29) is 24.4 Å². The van der Waals surface area contributed by atoms with E-state index in [0.717, 1.165) is 12.1 Å². The molecule has 5 heteroatoms. The standard InChI is InChI=1S/C11H13F2NO2/c1-14(3-4-15)7-8-5-10(13)11(16-2)6-9(8)12/h4-6H,3,7H2,1-2H3. The summed E-state index contributed by atoms with van der Waals surface area (Å²) >= 11 is 0. The molecule has 0 spiro atoms. The van der Waals surface area contributed by atoms with Crippen molar-refractivity contribution in [2.24, 2.45) is 0 Å². The number of ether oxygens (including phenoxy) is 1. The first-order chi connectivity index (χ1) is 7.58. The molecular weight excluding hydrogens is 216 g/mol. The topological polar surface area (TPSA) is 29.5 Å². The monoisotopic (exact) mass is 229 g/mol. The number of likely N-dealkylation sites (N-methyl/N-ethyl adjacent to an activating group) is 1. The number of halogens is 2. The first kappa shape index (κ1) is 12.6. The zero-order chi connectivity index (χ0) is 12.1. The van der Waals surface area contributed by atoms with Crippen LogP contribution >= 0.6 is 0 Å². The largest absolute Gasteiger partial charge is 0.494 e. The van der Waals surface area contributed by atoms with Crippen molar-refractivity contribution in [2.45, 2.75) is 6.54 Å². The Bertz CT molecular complexity index is 382. The summed E-state index contributed by atoms with van der Waals surface area (Å²) < 4.78 is 31.4. The van der Waals surface area contributed by atoms with Crippen LogP contribution in [0.5, 0.6) is 5.75 Å². The Morgan fingerprint density at radius 3 is 2.62 bits per heavy atom. The summed E-state index contributed by atoms with van der Waals surface area (Å²) in [6.45, 7) is 0.346. The molecule has 1 aromatic carbocycles. The quantitative estimate of drug-likeness (QED) is 0.718. The highest BCUT2D eigenvalue weighted by Crippen LogP contribution is 2.21. The van der Waals surface area contributed by atoms with Gasteiger partial charge >= 0.3 is 0 Å². The third-order valence-corrected chi connectivity index (χ3v) is 2.15. The van der Waals surface area contributed by atoms with Crippen molar-refractivity contribution in [1.82, 2.24) is 4.90 Å². The summed E-state index contributed by atoms with van der Waals surface area (Å²) in [5.74, 6) is -1.28. The molecular formula is C11H13F2NO2. The lowest BCUT2D eigenvalue weighted by Gasteiger charge is -2.14. The van der Waals surface area contributed by atoms with Crippen LogP contribution in [0, 0.1) is 11.6 Å². The number of carbonyl (C=O) groups excluding carboxylic acids is 1. The van der Waals surface area contributed by atoms with E-state index in [1.54, 1.807) is 11.9 Å². The fourth-order valence-electron chi connectivity index (χ4n) is 1.33. The lowest BCUT2D eigenvalue weighted by Crippen LogP contribution is -2.20. The summed E-state index contributed by atoms with van der Waals surface area (Å²) in [5.41, 5.74) is 0.197. The van der Waals surface area contributed by atoms with Gasteiger partial charge in [0.1, 0.15) is 12.1 Å². The van der Waals surface area contributed by atoms with Gasteiger partial charge in [-0.15, -0.1) is 0 Å². The second kappa shape index (κ2) is 5.55. The molecule has 0 N–H and O–H groups in total. The molecule has 0 aliphatic carbocycles.